The van der Waals surface area contributed by atoms with Crippen LogP contribution in [0.5, 0.6) is 0 Å². The molecule has 8 heteroatoms. The maximum atomic E-state index is 14.0. The zero-order valence-corrected chi connectivity index (χ0v) is 22.1. The smallest absolute Gasteiger partial charge is 0.337 e. The Labute approximate surface area is 223 Å². The SMILES string of the molecule is COC(=O)c1cccc(N(C(=O)c2cnccn2)[C@@H](C(=O)NC2CCCCC2)c2ccc(C(C)C)cc2)c1. The first-order valence-electron chi connectivity index (χ1n) is 13.1. The van der Waals surface area contributed by atoms with Crippen LogP contribution in [0.3, 0.4) is 0 Å². The van der Waals surface area contributed by atoms with Gasteiger partial charge in [-0.15, -0.1) is 0 Å². The van der Waals surface area contributed by atoms with Gasteiger partial charge in [-0.1, -0.05) is 63.4 Å². The van der Waals surface area contributed by atoms with Gasteiger partial charge in [0, 0.05) is 24.1 Å². The van der Waals surface area contributed by atoms with Crippen LogP contribution in [0.4, 0.5) is 5.69 Å². The molecule has 0 spiro atoms. The number of methoxy groups -OCH3 is 1. The van der Waals surface area contributed by atoms with Crippen LogP contribution < -0.4 is 10.2 Å². The Morgan fingerprint density at radius 3 is 2.32 bits per heavy atom. The lowest BCUT2D eigenvalue weighted by Crippen LogP contribution is -2.47. The van der Waals surface area contributed by atoms with E-state index in [1.54, 1.807) is 24.3 Å². The molecule has 0 saturated heterocycles. The average Bonchev–Trinajstić information content (AvgIpc) is 2.96. The maximum absolute atomic E-state index is 14.0. The molecule has 4 rings (SSSR count). The topological polar surface area (TPSA) is 101 Å². The van der Waals surface area contributed by atoms with Crippen molar-refractivity contribution in [2.45, 2.75) is 64.0 Å². The number of benzene rings is 2. The molecule has 3 aromatic rings. The van der Waals surface area contributed by atoms with Gasteiger partial charge in [0.05, 0.1) is 18.9 Å². The van der Waals surface area contributed by atoms with Crippen molar-refractivity contribution in [2.75, 3.05) is 12.0 Å². The number of nitrogens with zero attached hydrogens (tertiary/aromatic N) is 3. The second-order valence-corrected chi connectivity index (χ2v) is 9.88. The van der Waals surface area contributed by atoms with Crippen molar-refractivity contribution < 1.29 is 19.1 Å². The van der Waals surface area contributed by atoms with Gasteiger partial charge in [-0.25, -0.2) is 9.78 Å². The highest BCUT2D eigenvalue weighted by Gasteiger charge is 2.35. The molecule has 2 amide bonds. The van der Waals surface area contributed by atoms with E-state index in [-0.39, 0.29) is 23.2 Å². The van der Waals surface area contributed by atoms with E-state index < -0.39 is 17.9 Å². The molecule has 1 N–H and O–H groups in total. The summed E-state index contributed by atoms with van der Waals surface area (Å²) >= 11 is 0. The summed E-state index contributed by atoms with van der Waals surface area (Å²) in [6.07, 6.45) is 9.37. The molecule has 1 aliphatic carbocycles. The van der Waals surface area contributed by atoms with E-state index in [9.17, 15) is 14.4 Å². The fourth-order valence-corrected chi connectivity index (χ4v) is 4.83. The van der Waals surface area contributed by atoms with Crippen LogP contribution in [-0.4, -0.2) is 40.9 Å². The standard InChI is InChI=1S/C30H34N4O4/c1-20(2)21-12-14-22(15-13-21)27(28(35)33-24-9-5-4-6-10-24)34(29(36)26-19-31-16-17-32-26)25-11-7-8-23(18-25)30(37)38-3/h7-8,11-20,24,27H,4-6,9-10H2,1-3H3,(H,33,35)/t27-/m1/s1. The second-order valence-electron chi connectivity index (χ2n) is 9.88. The second kappa shape index (κ2) is 12.4. The number of amides is 2. The quantitative estimate of drug-likeness (QED) is 0.414. The van der Waals surface area contributed by atoms with Crippen LogP contribution in [0.25, 0.3) is 0 Å². The van der Waals surface area contributed by atoms with Crippen molar-refractivity contribution in [3.05, 3.63) is 89.5 Å². The molecule has 1 fully saturated rings. The summed E-state index contributed by atoms with van der Waals surface area (Å²) in [6, 6.07) is 13.3. The lowest BCUT2D eigenvalue weighted by atomic mass is 9.94. The van der Waals surface area contributed by atoms with Crippen LogP contribution >= 0.6 is 0 Å². The predicted molar refractivity (Wildman–Crippen MR) is 145 cm³/mol. The van der Waals surface area contributed by atoms with Crippen molar-refractivity contribution in [3.63, 3.8) is 0 Å². The molecule has 2 aromatic carbocycles. The number of anilines is 1. The summed E-state index contributed by atoms with van der Waals surface area (Å²) in [4.78, 5) is 50.0. The summed E-state index contributed by atoms with van der Waals surface area (Å²) in [5.74, 6) is -1.01. The Morgan fingerprint density at radius 2 is 1.68 bits per heavy atom. The van der Waals surface area contributed by atoms with Gasteiger partial charge in [-0.05, 0) is 48.1 Å². The molecular weight excluding hydrogens is 480 g/mol. The Morgan fingerprint density at radius 1 is 0.974 bits per heavy atom. The van der Waals surface area contributed by atoms with Crippen molar-refractivity contribution in [3.8, 4) is 0 Å². The van der Waals surface area contributed by atoms with E-state index in [0.717, 1.165) is 37.7 Å². The number of hydrogen-bond donors (Lipinski definition) is 1. The van der Waals surface area contributed by atoms with Crippen molar-refractivity contribution in [1.29, 1.82) is 0 Å². The molecule has 1 heterocycles. The minimum atomic E-state index is -0.999. The highest BCUT2D eigenvalue weighted by Crippen LogP contribution is 2.32. The van der Waals surface area contributed by atoms with Crippen molar-refractivity contribution in [1.82, 2.24) is 15.3 Å². The summed E-state index contributed by atoms with van der Waals surface area (Å²) in [7, 11) is 1.30. The maximum Gasteiger partial charge on any atom is 0.337 e. The molecule has 0 aliphatic heterocycles. The van der Waals surface area contributed by atoms with Crippen molar-refractivity contribution in [2.24, 2.45) is 0 Å². The van der Waals surface area contributed by atoms with E-state index >= 15 is 0 Å². The number of rotatable bonds is 8. The number of ether oxygens (including phenoxy) is 1. The van der Waals surface area contributed by atoms with E-state index in [1.165, 1.54) is 30.6 Å². The van der Waals surface area contributed by atoms with E-state index in [4.69, 9.17) is 4.74 Å². The van der Waals surface area contributed by atoms with Gasteiger partial charge >= 0.3 is 5.97 Å². The number of carbonyl (C=O) groups excluding carboxylic acids is 3. The van der Waals surface area contributed by atoms with Gasteiger partial charge in [0.25, 0.3) is 5.91 Å². The molecule has 0 radical (unpaired) electrons. The lowest BCUT2D eigenvalue weighted by molar-refractivity contribution is -0.123. The van der Waals surface area contributed by atoms with Crippen LogP contribution in [0.1, 0.15) is 89.9 Å². The number of esters is 1. The predicted octanol–water partition coefficient (Wildman–Crippen LogP) is 5.22. The van der Waals surface area contributed by atoms with Crippen LogP contribution in [0, 0.1) is 0 Å². The van der Waals surface area contributed by atoms with Gasteiger partial charge < -0.3 is 10.1 Å². The third-order valence-corrected chi connectivity index (χ3v) is 6.92. The molecule has 8 nitrogen and oxygen atoms in total. The number of hydrogen-bond acceptors (Lipinski definition) is 6. The molecule has 1 saturated carbocycles. The Balaban J connectivity index is 1.84. The lowest BCUT2D eigenvalue weighted by Gasteiger charge is -2.33. The highest BCUT2D eigenvalue weighted by atomic mass is 16.5. The van der Waals surface area contributed by atoms with Gasteiger partial charge in [-0.3, -0.25) is 19.5 Å². The Kier molecular flexibility index (Phi) is 8.84. The van der Waals surface area contributed by atoms with Gasteiger partial charge in [0.2, 0.25) is 5.91 Å². The summed E-state index contributed by atoms with van der Waals surface area (Å²) in [6.45, 7) is 4.20. The Bertz CT molecular complexity index is 1250. The summed E-state index contributed by atoms with van der Waals surface area (Å²) in [5, 5.41) is 3.20. The highest BCUT2D eigenvalue weighted by molar-refractivity contribution is 6.09. The van der Waals surface area contributed by atoms with Crippen LogP contribution in [0.15, 0.2) is 67.1 Å². The average molecular weight is 515 g/mol. The summed E-state index contributed by atoms with van der Waals surface area (Å²) in [5.41, 5.74) is 2.51. The van der Waals surface area contributed by atoms with E-state index in [0.29, 0.717) is 17.2 Å². The minimum Gasteiger partial charge on any atom is -0.465 e. The largest absolute Gasteiger partial charge is 0.465 e. The van der Waals surface area contributed by atoms with Gasteiger partial charge in [-0.2, -0.15) is 0 Å². The zero-order valence-electron chi connectivity index (χ0n) is 22.1. The molecule has 1 aromatic heterocycles. The van der Waals surface area contributed by atoms with Gasteiger partial charge in [0.1, 0.15) is 11.7 Å². The normalized spacial score (nSPS) is 14.5. The molecule has 0 bridgehead atoms. The number of aromatic nitrogens is 2. The number of carbonyl (C=O) groups is 3. The Hall–Kier alpha value is -4.07. The molecular formula is C30H34N4O4. The molecule has 0 unspecified atom stereocenters. The minimum absolute atomic E-state index is 0.0450. The van der Waals surface area contributed by atoms with Crippen LogP contribution in [0.2, 0.25) is 0 Å². The first-order valence-corrected chi connectivity index (χ1v) is 13.1. The molecule has 1 atom stereocenters. The van der Waals surface area contributed by atoms with Crippen molar-refractivity contribution >= 4 is 23.5 Å². The summed E-state index contributed by atoms with van der Waals surface area (Å²) < 4.78 is 4.90. The first kappa shape index (κ1) is 27.0. The monoisotopic (exact) mass is 514 g/mol. The van der Waals surface area contributed by atoms with Crippen LogP contribution in [-0.2, 0) is 9.53 Å². The third kappa shape index (κ3) is 6.25. The molecule has 198 valence electrons. The zero-order chi connectivity index (χ0) is 27.1. The van der Waals surface area contributed by atoms with Gasteiger partial charge in [0.15, 0.2) is 0 Å². The first-order chi connectivity index (χ1) is 18.4. The third-order valence-electron chi connectivity index (χ3n) is 6.92. The van der Waals surface area contributed by atoms with E-state index in [1.807, 2.05) is 24.3 Å². The molecule has 38 heavy (non-hydrogen) atoms. The fourth-order valence-electron chi connectivity index (χ4n) is 4.83. The number of nitrogens with one attached hydrogen (secondary N) is 1. The molecule has 1 aliphatic rings. The van der Waals surface area contributed by atoms with E-state index in [2.05, 4.69) is 29.1 Å². The fraction of sp³-hybridized carbons (Fsp3) is 0.367.